The molecule has 1 amide bonds. The van der Waals surface area contributed by atoms with Gasteiger partial charge in [0.2, 0.25) is 5.91 Å². The van der Waals surface area contributed by atoms with Gasteiger partial charge in [0.25, 0.3) is 0 Å². The van der Waals surface area contributed by atoms with Crippen LogP contribution >= 0.6 is 0 Å². The standard InChI is InChI=1S/C31H36N2O/c34-31(32-20-17-26(18-21-32)23-25-11-5-3-6-12-25)30-29(28-15-9-1-2-10-16-28)19-22-33(30)24-27-13-7-4-8-14-27/h1-16,26,28-30H,17-24H2/t29-,30-/m0/s1. The van der Waals surface area contributed by atoms with Crippen molar-refractivity contribution in [3.8, 4) is 0 Å². The van der Waals surface area contributed by atoms with Crippen molar-refractivity contribution in [2.45, 2.75) is 38.3 Å². The van der Waals surface area contributed by atoms with Crippen molar-refractivity contribution in [1.29, 1.82) is 0 Å². The van der Waals surface area contributed by atoms with Crippen molar-refractivity contribution in [1.82, 2.24) is 9.80 Å². The molecule has 0 unspecified atom stereocenters. The second kappa shape index (κ2) is 11.0. The van der Waals surface area contributed by atoms with Gasteiger partial charge in [0, 0.05) is 25.6 Å². The van der Waals surface area contributed by atoms with E-state index >= 15 is 0 Å². The summed E-state index contributed by atoms with van der Waals surface area (Å²) in [5.41, 5.74) is 2.70. The molecule has 3 aliphatic rings. The molecule has 2 atom stereocenters. The Morgan fingerprint density at radius 2 is 1.35 bits per heavy atom. The SMILES string of the molecule is O=C([C@@H]1[C@H](C2C=CC=CC=C2)CCN1Cc1ccccc1)N1CCC(Cc2ccccc2)CC1. The topological polar surface area (TPSA) is 23.6 Å². The quantitative estimate of drug-likeness (QED) is 0.565. The first kappa shape index (κ1) is 22.9. The van der Waals surface area contributed by atoms with Crippen LogP contribution in [-0.4, -0.2) is 41.4 Å². The van der Waals surface area contributed by atoms with E-state index in [4.69, 9.17) is 0 Å². The lowest BCUT2D eigenvalue weighted by molar-refractivity contribution is -0.139. The zero-order chi connectivity index (χ0) is 23.2. The summed E-state index contributed by atoms with van der Waals surface area (Å²) < 4.78 is 0. The number of hydrogen-bond acceptors (Lipinski definition) is 2. The third kappa shape index (κ3) is 5.42. The normalized spacial score (nSPS) is 23.9. The average molecular weight is 453 g/mol. The van der Waals surface area contributed by atoms with Gasteiger partial charge in [0.1, 0.15) is 0 Å². The van der Waals surface area contributed by atoms with E-state index in [-0.39, 0.29) is 6.04 Å². The highest BCUT2D eigenvalue weighted by molar-refractivity contribution is 5.83. The Bertz CT molecular complexity index is 1000. The van der Waals surface area contributed by atoms with Crippen LogP contribution in [0.25, 0.3) is 0 Å². The van der Waals surface area contributed by atoms with Gasteiger partial charge >= 0.3 is 0 Å². The third-order valence-electron chi connectivity index (χ3n) is 7.82. The van der Waals surface area contributed by atoms with Crippen molar-refractivity contribution in [3.63, 3.8) is 0 Å². The van der Waals surface area contributed by atoms with Crippen LogP contribution in [0.5, 0.6) is 0 Å². The van der Waals surface area contributed by atoms with Crippen LogP contribution in [0.3, 0.4) is 0 Å². The van der Waals surface area contributed by atoms with Crippen molar-refractivity contribution in [3.05, 3.63) is 108 Å². The minimum absolute atomic E-state index is 0.0525. The average Bonchev–Trinajstić information content (AvgIpc) is 3.10. The summed E-state index contributed by atoms with van der Waals surface area (Å²) in [6, 6.07) is 21.4. The summed E-state index contributed by atoms with van der Waals surface area (Å²) in [7, 11) is 0. The van der Waals surface area contributed by atoms with E-state index in [9.17, 15) is 4.79 Å². The van der Waals surface area contributed by atoms with Crippen molar-refractivity contribution < 1.29 is 4.79 Å². The van der Waals surface area contributed by atoms with Crippen LogP contribution in [0, 0.1) is 17.8 Å². The number of piperidine rings is 1. The Hall–Kier alpha value is -2.91. The van der Waals surface area contributed by atoms with Crippen LogP contribution in [0.4, 0.5) is 0 Å². The van der Waals surface area contributed by atoms with E-state index in [1.807, 2.05) is 0 Å². The van der Waals surface area contributed by atoms with E-state index in [1.54, 1.807) is 0 Å². The third-order valence-corrected chi connectivity index (χ3v) is 7.82. The number of hydrogen-bond donors (Lipinski definition) is 0. The van der Waals surface area contributed by atoms with Gasteiger partial charge in [-0.3, -0.25) is 9.69 Å². The number of allylic oxidation sites excluding steroid dienone is 6. The number of likely N-dealkylation sites (tertiary alicyclic amines) is 2. The maximum atomic E-state index is 14.0. The molecule has 5 rings (SSSR count). The molecular weight excluding hydrogens is 416 g/mol. The fraction of sp³-hybridized carbons (Fsp3) is 0.387. The lowest BCUT2D eigenvalue weighted by Gasteiger charge is -2.38. The summed E-state index contributed by atoms with van der Waals surface area (Å²) >= 11 is 0. The first-order valence-corrected chi connectivity index (χ1v) is 12.9. The molecule has 0 saturated carbocycles. The highest BCUT2D eigenvalue weighted by Gasteiger charge is 2.43. The fourth-order valence-corrected chi connectivity index (χ4v) is 5.97. The first-order valence-electron chi connectivity index (χ1n) is 12.9. The Morgan fingerprint density at radius 3 is 2.00 bits per heavy atom. The Kier molecular flexibility index (Phi) is 7.40. The fourth-order valence-electron chi connectivity index (χ4n) is 5.97. The first-order chi connectivity index (χ1) is 16.8. The second-order valence-electron chi connectivity index (χ2n) is 10.0. The molecule has 3 nitrogen and oxygen atoms in total. The molecule has 2 fully saturated rings. The molecule has 0 bridgehead atoms. The predicted octanol–water partition coefficient (Wildman–Crippen LogP) is 5.66. The maximum Gasteiger partial charge on any atom is 0.240 e. The number of carbonyl (C=O) groups excluding carboxylic acids is 1. The minimum atomic E-state index is -0.0525. The summed E-state index contributed by atoms with van der Waals surface area (Å²) in [5.74, 6) is 1.65. The van der Waals surface area contributed by atoms with Gasteiger partial charge in [-0.1, -0.05) is 97.1 Å². The molecule has 2 aromatic carbocycles. The zero-order valence-electron chi connectivity index (χ0n) is 20.0. The van der Waals surface area contributed by atoms with Crippen molar-refractivity contribution in [2.75, 3.05) is 19.6 Å². The minimum Gasteiger partial charge on any atom is -0.341 e. The van der Waals surface area contributed by atoms with Gasteiger partial charge < -0.3 is 4.90 Å². The largest absolute Gasteiger partial charge is 0.341 e. The molecule has 0 spiro atoms. The van der Waals surface area contributed by atoms with Gasteiger partial charge in [-0.05, 0) is 55.2 Å². The molecular formula is C31H36N2O. The molecule has 2 saturated heterocycles. The van der Waals surface area contributed by atoms with Crippen LogP contribution < -0.4 is 0 Å². The van der Waals surface area contributed by atoms with Crippen LogP contribution in [0.2, 0.25) is 0 Å². The van der Waals surface area contributed by atoms with Crippen LogP contribution in [-0.2, 0) is 17.8 Å². The Balaban J connectivity index is 1.29. The Labute approximate surface area is 204 Å². The van der Waals surface area contributed by atoms with Gasteiger partial charge in [-0.15, -0.1) is 0 Å². The number of amides is 1. The van der Waals surface area contributed by atoms with Crippen molar-refractivity contribution in [2.24, 2.45) is 17.8 Å². The number of nitrogens with zero attached hydrogens (tertiary/aromatic N) is 2. The van der Waals surface area contributed by atoms with Gasteiger partial charge in [-0.25, -0.2) is 0 Å². The smallest absolute Gasteiger partial charge is 0.240 e. The van der Waals surface area contributed by atoms with Crippen LogP contribution in [0.1, 0.15) is 30.4 Å². The monoisotopic (exact) mass is 452 g/mol. The van der Waals surface area contributed by atoms with Crippen molar-refractivity contribution >= 4 is 5.91 Å². The molecule has 0 radical (unpaired) electrons. The lowest BCUT2D eigenvalue weighted by atomic mass is 9.84. The number of carbonyl (C=O) groups is 1. The molecule has 0 aromatic heterocycles. The second-order valence-corrected chi connectivity index (χ2v) is 10.0. The van der Waals surface area contributed by atoms with E-state index in [0.717, 1.165) is 51.9 Å². The Morgan fingerprint density at radius 1 is 0.735 bits per heavy atom. The molecule has 2 heterocycles. The van der Waals surface area contributed by atoms with Gasteiger partial charge in [0.05, 0.1) is 6.04 Å². The van der Waals surface area contributed by atoms with Gasteiger partial charge in [-0.2, -0.15) is 0 Å². The number of benzene rings is 2. The van der Waals surface area contributed by atoms with E-state index in [1.165, 1.54) is 11.1 Å². The molecule has 0 N–H and O–H groups in total. The molecule has 176 valence electrons. The van der Waals surface area contributed by atoms with E-state index in [2.05, 4.69) is 107 Å². The molecule has 1 aliphatic carbocycles. The summed E-state index contributed by atoms with van der Waals surface area (Å²) in [6.45, 7) is 3.59. The highest BCUT2D eigenvalue weighted by atomic mass is 16.2. The molecule has 2 aliphatic heterocycles. The van der Waals surface area contributed by atoms with Gasteiger partial charge in [0.15, 0.2) is 0 Å². The highest BCUT2D eigenvalue weighted by Crippen LogP contribution is 2.36. The summed E-state index contributed by atoms with van der Waals surface area (Å²) in [6.07, 6.45) is 17.4. The van der Waals surface area contributed by atoms with E-state index in [0.29, 0.717) is 23.7 Å². The summed E-state index contributed by atoms with van der Waals surface area (Å²) in [5, 5.41) is 0. The zero-order valence-corrected chi connectivity index (χ0v) is 20.0. The predicted molar refractivity (Wildman–Crippen MR) is 139 cm³/mol. The molecule has 2 aromatic rings. The summed E-state index contributed by atoms with van der Waals surface area (Å²) in [4.78, 5) is 18.6. The van der Waals surface area contributed by atoms with Crippen LogP contribution in [0.15, 0.2) is 97.1 Å². The van der Waals surface area contributed by atoms with E-state index < -0.39 is 0 Å². The molecule has 34 heavy (non-hydrogen) atoms. The lowest BCUT2D eigenvalue weighted by Crippen LogP contribution is -2.51. The number of rotatable bonds is 6. The maximum absolute atomic E-state index is 14.0. The molecule has 3 heteroatoms.